The second-order valence-electron chi connectivity index (χ2n) is 4.02. The first-order valence-corrected chi connectivity index (χ1v) is 5.89. The van der Waals surface area contributed by atoms with Gasteiger partial charge in [-0.15, -0.1) is 0 Å². The van der Waals surface area contributed by atoms with Gasteiger partial charge < -0.3 is 14.7 Å². The van der Waals surface area contributed by atoms with Crippen LogP contribution in [0, 0.1) is 11.8 Å². The fraction of sp³-hybridized carbons (Fsp3) is 0.357. The van der Waals surface area contributed by atoms with E-state index in [1.165, 1.54) is 0 Å². The third-order valence-electron chi connectivity index (χ3n) is 2.72. The zero-order valence-electron chi connectivity index (χ0n) is 10.1. The zero-order valence-corrected chi connectivity index (χ0v) is 10.1. The molecule has 1 aliphatic heterocycles. The van der Waals surface area contributed by atoms with Crippen LogP contribution in [0.25, 0.3) is 0 Å². The number of carboxylic acid groups (broad SMARTS) is 1. The molecule has 1 heterocycles. The summed E-state index contributed by atoms with van der Waals surface area (Å²) in [5.41, 5.74) is 2.00. The van der Waals surface area contributed by atoms with Crippen molar-refractivity contribution in [1.82, 2.24) is 0 Å². The minimum Gasteiger partial charge on any atom is -0.481 e. The summed E-state index contributed by atoms with van der Waals surface area (Å²) in [6.45, 7) is 3.34. The van der Waals surface area contributed by atoms with Gasteiger partial charge in [-0.1, -0.05) is 11.8 Å². The van der Waals surface area contributed by atoms with Crippen molar-refractivity contribution in [3.8, 4) is 11.8 Å². The van der Waals surface area contributed by atoms with Crippen LogP contribution in [-0.4, -0.2) is 37.4 Å². The second kappa shape index (κ2) is 6.08. The standard InChI is InChI=1S/C14H15NO3/c16-14(17)3-1-2-12-4-6-13(7-5-12)15-8-10-18-11-9-15/h4-7H,3,8-11H2,(H,16,17). The number of benzene rings is 1. The summed E-state index contributed by atoms with van der Waals surface area (Å²) < 4.78 is 5.30. The number of hydrogen-bond donors (Lipinski definition) is 1. The largest absolute Gasteiger partial charge is 0.481 e. The third-order valence-corrected chi connectivity index (χ3v) is 2.72. The molecule has 0 saturated carbocycles. The Morgan fingerprint density at radius 3 is 2.56 bits per heavy atom. The molecule has 1 aromatic rings. The number of hydrogen-bond acceptors (Lipinski definition) is 3. The lowest BCUT2D eigenvalue weighted by atomic mass is 10.2. The quantitative estimate of drug-likeness (QED) is 0.799. The highest BCUT2D eigenvalue weighted by atomic mass is 16.5. The van der Waals surface area contributed by atoms with Gasteiger partial charge in [0.15, 0.2) is 0 Å². The Labute approximate surface area is 106 Å². The van der Waals surface area contributed by atoms with Gasteiger partial charge in [-0.3, -0.25) is 4.79 Å². The van der Waals surface area contributed by atoms with Gasteiger partial charge in [0.25, 0.3) is 0 Å². The van der Waals surface area contributed by atoms with Gasteiger partial charge in [0.1, 0.15) is 6.42 Å². The summed E-state index contributed by atoms with van der Waals surface area (Å²) >= 11 is 0. The van der Waals surface area contributed by atoms with Crippen molar-refractivity contribution < 1.29 is 14.6 Å². The van der Waals surface area contributed by atoms with Crippen molar-refractivity contribution >= 4 is 11.7 Å². The lowest BCUT2D eigenvalue weighted by Crippen LogP contribution is -2.36. The van der Waals surface area contributed by atoms with Crippen molar-refractivity contribution in [1.29, 1.82) is 0 Å². The molecule has 0 unspecified atom stereocenters. The van der Waals surface area contributed by atoms with E-state index in [2.05, 4.69) is 16.7 Å². The average molecular weight is 245 g/mol. The van der Waals surface area contributed by atoms with Gasteiger partial charge in [0.05, 0.1) is 13.2 Å². The Hall–Kier alpha value is -1.99. The number of ether oxygens (including phenoxy) is 1. The van der Waals surface area contributed by atoms with E-state index in [-0.39, 0.29) is 6.42 Å². The van der Waals surface area contributed by atoms with E-state index in [9.17, 15) is 4.79 Å². The van der Waals surface area contributed by atoms with E-state index >= 15 is 0 Å². The van der Waals surface area contributed by atoms with Crippen LogP contribution in [0.1, 0.15) is 12.0 Å². The summed E-state index contributed by atoms with van der Waals surface area (Å²) in [5, 5.41) is 8.48. The summed E-state index contributed by atoms with van der Waals surface area (Å²) in [4.78, 5) is 12.6. The molecular formula is C14H15NO3. The lowest BCUT2D eigenvalue weighted by Gasteiger charge is -2.28. The fourth-order valence-corrected chi connectivity index (χ4v) is 1.80. The summed E-state index contributed by atoms with van der Waals surface area (Å²) in [6.07, 6.45) is -0.120. The summed E-state index contributed by atoms with van der Waals surface area (Å²) in [5.74, 6) is 4.55. The van der Waals surface area contributed by atoms with Crippen LogP contribution < -0.4 is 4.90 Å². The molecule has 0 bridgehead atoms. The lowest BCUT2D eigenvalue weighted by molar-refractivity contribution is -0.135. The minimum absolute atomic E-state index is 0.120. The van der Waals surface area contributed by atoms with E-state index in [0.717, 1.165) is 37.6 Å². The number of rotatable bonds is 2. The molecule has 0 spiro atoms. The molecule has 1 aliphatic rings. The number of carbonyl (C=O) groups is 1. The van der Waals surface area contributed by atoms with E-state index in [1.54, 1.807) is 0 Å². The normalized spacial score (nSPS) is 14.8. The van der Waals surface area contributed by atoms with Crippen LogP contribution >= 0.6 is 0 Å². The van der Waals surface area contributed by atoms with Gasteiger partial charge >= 0.3 is 5.97 Å². The van der Waals surface area contributed by atoms with Crippen molar-refractivity contribution in [2.24, 2.45) is 0 Å². The highest BCUT2D eigenvalue weighted by molar-refractivity contribution is 5.70. The van der Waals surface area contributed by atoms with E-state index < -0.39 is 5.97 Å². The molecule has 0 aromatic heterocycles. The Balaban J connectivity index is 1.99. The topological polar surface area (TPSA) is 49.8 Å². The van der Waals surface area contributed by atoms with Gasteiger partial charge in [0, 0.05) is 24.3 Å². The molecule has 94 valence electrons. The molecule has 2 rings (SSSR count). The molecule has 4 heteroatoms. The van der Waals surface area contributed by atoms with Gasteiger partial charge in [-0.2, -0.15) is 0 Å². The summed E-state index contributed by atoms with van der Waals surface area (Å²) in [6, 6.07) is 7.85. The molecule has 0 aliphatic carbocycles. The number of morpholine rings is 1. The van der Waals surface area contributed by atoms with Crippen molar-refractivity contribution in [3.05, 3.63) is 29.8 Å². The maximum Gasteiger partial charge on any atom is 0.315 e. The number of nitrogens with zero attached hydrogens (tertiary/aromatic N) is 1. The monoisotopic (exact) mass is 245 g/mol. The Morgan fingerprint density at radius 1 is 1.28 bits per heavy atom. The Morgan fingerprint density at radius 2 is 1.94 bits per heavy atom. The first-order valence-electron chi connectivity index (χ1n) is 5.89. The first-order chi connectivity index (χ1) is 8.75. The molecular weight excluding hydrogens is 230 g/mol. The summed E-state index contributed by atoms with van der Waals surface area (Å²) in [7, 11) is 0. The molecule has 1 aromatic carbocycles. The predicted octanol–water partition coefficient (Wildman–Crippen LogP) is 1.35. The predicted molar refractivity (Wildman–Crippen MR) is 68.6 cm³/mol. The Kier molecular flexibility index (Phi) is 4.21. The molecule has 0 amide bonds. The molecule has 4 nitrogen and oxygen atoms in total. The van der Waals surface area contributed by atoms with Crippen molar-refractivity contribution in [2.75, 3.05) is 31.2 Å². The number of anilines is 1. The Bertz CT molecular complexity index is 464. The van der Waals surface area contributed by atoms with Crippen molar-refractivity contribution in [3.63, 3.8) is 0 Å². The van der Waals surface area contributed by atoms with Crippen LogP contribution in [0.15, 0.2) is 24.3 Å². The van der Waals surface area contributed by atoms with Crippen LogP contribution in [0.3, 0.4) is 0 Å². The maximum absolute atomic E-state index is 10.3. The molecule has 0 atom stereocenters. The number of aliphatic carboxylic acids is 1. The maximum atomic E-state index is 10.3. The van der Waals surface area contributed by atoms with Crippen LogP contribution in [-0.2, 0) is 9.53 Å². The van der Waals surface area contributed by atoms with E-state index in [0.29, 0.717) is 0 Å². The number of carboxylic acids is 1. The first kappa shape index (κ1) is 12.5. The highest BCUT2D eigenvalue weighted by Crippen LogP contribution is 2.16. The van der Waals surface area contributed by atoms with Crippen molar-refractivity contribution in [2.45, 2.75) is 6.42 Å². The van der Waals surface area contributed by atoms with Crippen LogP contribution in [0.5, 0.6) is 0 Å². The van der Waals surface area contributed by atoms with Gasteiger partial charge in [-0.25, -0.2) is 0 Å². The molecule has 1 fully saturated rings. The van der Waals surface area contributed by atoms with Crippen LogP contribution in [0.2, 0.25) is 0 Å². The molecule has 0 radical (unpaired) electrons. The van der Waals surface area contributed by atoms with E-state index in [4.69, 9.17) is 9.84 Å². The SMILES string of the molecule is O=C(O)CC#Cc1ccc(N2CCOCC2)cc1. The molecule has 1 saturated heterocycles. The fourth-order valence-electron chi connectivity index (χ4n) is 1.80. The third kappa shape index (κ3) is 3.51. The minimum atomic E-state index is -0.896. The highest BCUT2D eigenvalue weighted by Gasteiger charge is 2.10. The van der Waals surface area contributed by atoms with E-state index in [1.807, 2.05) is 24.3 Å². The van der Waals surface area contributed by atoms with Gasteiger partial charge in [0.2, 0.25) is 0 Å². The van der Waals surface area contributed by atoms with Crippen LogP contribution in [0.4, 0.5) is 5.69 Å². The average Bonchev–Trinajstić information content (AvgIpc) is 2.40. The zero-order chi connectivity index (χ0) is 12.8. The molecule has 18 heavy (non-hydrogen) atoms. The smallest absolute Gasteiger partial charge is 0.315 e. The van der Waals surface area contributed by atoms with Gasteiger partial charge in [-0.05, 0) is 24.3 Å². The second-order valence-corrected chi connectivity index (χ2v) is 4.02. The molecule has 1 N–H and O–H groups in total.